The van der Waals surface area contributed by atoms with Crippen molar-refractivity contribution in [3.05, 3.63) is 28.3 Å². The Bertz CT molecular complexity index is 722. The molecule has 2 bridgehead atoms. The van der Waals surface area contributed by atoms with Gasteiger partial charge in [-0.3, -0.25) is 4.90 Å². The van der Waals surface area contributed by atoms with Crippen LogP contribution in [0, 0.1) is 5.92 Å². The Morgan fingerprint density at radius 2 is 2.08 bits per heavy atom. The van der Waals surface area contributed by atoms with Crippen molar-refractivity contribution in [1.82, 2.24) is 10.2 Å². The van der Waals surface area contributed by atoms with Gasteiger partial charge in [-0.25, -0.2) is 0 Å². The molecule has 0 unspecified atom stereocenters. The Balaban J connectivity index is 1.66. The van der Waals surface area contributed by atoms with Gasteiger partial charge in [-0.2, -0.15) is 0 Å². The summed E-state index contributed by atoms with van der Waals surface area (Å²) in [6.07, 6.45) is 6.43. The molecule has 3 fully saturated rings. The van der Waals surface area contributed by atoms with Crippen LogP contribution in [0.25, 0.3) is 0 Å². The molecular weight excluding hydrogens is 348 g/mol. The van der Waals surface area contributed by atoms with Crippen molar-refractivity contribution in [2.45, 2.75) is 55.6 Å². The Morgan fingerprint density at radius 3 is 2.85 bits per heavy atom. The summed E-state index contributed by atoms with van der Waals surface area (Å²) in [6, 6.07) is 4.43. The van der Waals surface area contributed by atoms with Gasteiger partial charge in [0.1, 0.15) is 5.75 Å². The van der Waals surface area contributed by atoms with Crippen LogP contribution in [0.1, 0.15) is 43.2 Å². The third-order valence-corrected chi connectivity index (χ3v) is 7.85. The van der Waals surface area contributed by atoms with Gasteiger partial charge in [-0.15, -0.1) is 0 Å². The van der Waals surface area contributed by atoms with Gasteiger partial charge in [0.05, 0.1) is 17.7 Å². The van der Waals surface area contributed by atoms with Crippen LogP contribution < -0.4 is 10.1 Å². The fourth-order valence-corrected chi connectivity index (χ4v) is 6.27. The molecule has 5 heteroatoms. The molecular formula is C21H29ClN2O2. The lowest BCUT2D eigenvalue weighted by Gasteiger charge is -2.61. The maximum atomic E-state index is 12.2. The molecule has 0 spiro atoms. The van der Waals surface area contributed by atoms with E-state index < -0.39 is 5.60 Å². The van der Waals surface area contributed by atoms with E-state index in [-0.39, 0.29) is 11.5 Å². The van der Waals surface area contributed by atoms with E-state index in [1.54, 1.807) is 7.11 Å². The summed E-state index contributed by atoms with van der Waals surface area (Å²) in [6.45, 7) is 4.09. The van der Waals surface area contributed by atoms with Gasteiger partial charge < -0.3 is 15.2 Å². The Labute approximate surface area is 160 Å². The van der Waals surface area contributed by atoms with E-state index in [1.165, 1.54) is 24.0 Å². The monoisotopic (exact) mass is 376 g/mol. The molecule has 142 valence electrons. The topological polar surface area (TPSA) is 44.7 Å². The third kappa shape index (κ3) is 2.39. The van der Waals surface area contributed by atoms with Crippen LogP contribution >= 0.6 is 11.6 Å². The van der Waals surface area contributed by atoms with Crippen LogP contribution in [0.2, 0.25) is 5.02 Å². The van der Waals surface area contributed by atoms with Crippen molar-refractivity contribution in [1.29, 1.82) is 0 Å². The van der Waals surface area contributed by atoms with Crippen molar-refractivity contribution in [3.63, 3.8) is 0 Å². The molecule has 2 saturated heterocycles. The zero-order valence-corrected chi connectivity index (χ0v) is 16.3. The van der Waals surface area contributed by atoms with Crippen molar-refractivity contribution >= 4 is 11.6 Å². The minimum atomic E-state index is -0.671. The smallest absolute Gasteiger partial charge is 0.137 e. The first-order valence-electron chi connectivity index (χ1n) is 10.1. The maximum absolute atomic E-state index is 12.2. The standard InChI is InChI=1S/C21H29ClN2O2/c1-26-18-12-16-15(10-17(18)22)11-19-21(25)5-8-23-7-4-20(16,21)6-9-24(19)13-14-2-3-14/h10,12,14,19,23,25H,2-9,11,13H2,1H3/t19-,20+,21-/m1/s1. The number of piperidine rings is 1. The summed E-state index contributed by atoms with van der Waals surface area (Å²) in [7, 11) is 1.68. The average Bonchev–Trinajstić information content (AvgIpc) is 3.44. The molecule has 4 aliphatic rings. The number of halogens is 1. The third-order valence-electron chi connectivity index (χ3n) is 7.55. The zero-order chi connectivity index (χ0) is 17.9. The van der Waals surface area contributed by atoms with E-state index in [9.17, 15) is 5.11 Å². The normalized spacial score (nSPS) is 36.8. The quantitative estimate of drug-likeness (QED) is 0.851. The molecule has 0 radical (unpaired) electrons. The molecule has 3 atom stereocenters. The Hall–Kier alpha value is -0.810. The first-order valence-corrected chi connectivity index (χ1v) is 10.5. The molecule has 1 saturated carbocycles. The van der Waals surface area contributed by atoms with Crippen LogP contribution in [0.5, 0.6) is 5.75 Å². The molecule has 4 nitrogen and oxygen atoms in total. The highest BCUT2D eigenvalue weighted by Crippen LogP contribution is 2.56. The van der Waals surface area contributed by atoms with Gasteiger partial charge >= 0.3 is 0 Å². The van der Waals surface area contributed by atoms with Gasteiger partial charge in [0.2, 0.25) is 0 Å². The summed E-state index contributed by atoms with van der Waals surface area (Å²) >= 11 is 6.47. The largest absolute Gasteiger partial charge is 0.495 e. The van der Waals surface area contributed by atoms with Crippen LogP contribution in [-0.4, -0.2) is 54.9 Å². The first-order chi connectivity index (χ1) is 12.6. The van der Waals surface area contributed by atoms with Gasteiger partial charge in [-0.1, -0.05) is 11.6 Å². The lowest BCUT2D eigenvalue weighted by molar-refractivity contribution is -0.148. The number of benzene rings is 1. The molecule has 2 aliphatic heterocycles. The van der Waals surface area contributed by atoms with E-state index in [0.29, 0.717) is 5.02 Å². The second-order valence-corrected chi connectivity index (χ2v) is 9.22. The highest BCUT2D eigenvalue weighted by molar-refractivity contribution is 6.32. The van der Waals surface area contributed by atoms with Crippen molar-refractivity contribution < 1.29 is 9.84 Å². The highest BCUT2D eigenvalue weighted by atomic mass is 35.5. The average molecular weight is 377 g/mol. The molecule has 2 aliphatic carbocycles. The minimum Gasteiger partial charge on any atom is -0.495 e. The van der Waals surface area contributed by atoms with E-state index in [4.69, 9.17) is 16.3 Å². The molecule has 2 N–H and O–H groups in total. The fourth-order valence-electron chi connectivity index (χ4n) is 6.01. The van der Waals surface area contributed by atoms with Crippen molar-refractivity contribution in [2.24, 2.45) is 5.92 Å². The van der Waals surface area contributed by atoms with Crippen LogP contribution in [0.4, 0.5) is 0 Å². The number of likely N-dealkylation sites (tertiary alicyclic amines) is 1. The molecule has 2 heterocycles. The number of hydrogen-bond acceptors (Lipinski definition) is 4. The number of nitrogens with one attached hydrogen (secondary N) is 1. The van der Waals surface area contributed by atoms with E-state index >= 15 is 0 Å². The number of nitrogens with zero attached hydrogens (tertiary/aromatic N) is 1. The van der Waals surface area contributed by atoms with Gasteiger partial charge in [-0.05, 0) is 87.3 Å². The van der Waals surface area contributed by atoms with Crippen molar-refractivity contribution in [3.8, 4) is 5.75 Å². The number of aliphatic hydroxyl groups is 1. The van der Waals surface area contributed by atoms with Crippen molar-refractivity contribution in [2.75, 3.05) is 33.3 Å². The summed E-state index contributed by atoms with van der Waals surface area (Å²) in [4.78, 5) is 2.60. The van der Waals surface area contributed by atoms with E-state index in [2.05, 4.69) is 22.3 Å². The van der Waals surface area contributed by atoms with Crippen LogP contribution in [0.3, 0.4) is 0 Å². The highest BCUT2D eigenvalue weighted by Gasteiger charge is 2.62. The van der Waals surface area contributed by atoms with Crippen LogP contribution in [-0.2, 0) is 11.8 Å². The second kappa shape index (κ2) is 6.10. The first kappa shape index (κ1) is 17.3. The molecule has 0 amide bonds. The minimum absolute atomic E-state index is 0.188. The molecule has 5 rings (SSSR count). The van der Waals surface area contributed by atoms with Gasteiger partial charge in [0.25, 0.3) is 0 Å². The van der Waals surface area contributed by atoms with Gasteiger partial charge in [0, 0.05) is 18.0 Å². The number of fused-ring (bicyclic) bond motifs is 1. The summed E-state index contributed by atoms with van der Waals surface area (Å²) < 4.78 is 5.53. The Kier molecular flexibility index (Phi) is 4.06. The predicted molar refractivity (Wildman–Crippen MR) is 103 cm³/mol. The summed E-state index contributed by atoms with van der Waals surface area (Å²) in [5, 5.41) is 16.4. The predicted octanol–water partition coefficient (Wildman–Crippen LogP) is 2.74. The fraction of sp³-hybridized carbons (Fsp3) is 0.714. The SMILES string of the molecule is COc1cc2c(cc1Cl)C[C@H]1N(CC3CC3)CC[C@@]23CCNCC[C@@]13O. The number of ether oxygens (including phenoxy) is 1. The zero-order valence-electron chi connectivity index (χ0n) is 15.6. The summed E-state index contributed by atoms with van der Waals surface area (Å²) in [5.41, 5.74) is 1.74. The summed E-state index contributed by atoms with van der Waals surface area (Å²) in [5.74, 6) is 1.58. The molecule has 1 aromatic carbocycles. The Morgan fingerprint density at radius 1 is 1.27 bits per heavy atom. The number of methoxy groups -OCH3 is 1. The molecule has 1 aromatic rings. The maximum Gasteiger partial charge on any atom is 0.137 e. The number of rotatable bonds is 3. The lowest BCUT2D eigenvalue weighted by Crippen LogP contribution is -2.71. The molecule has 26 heavy (non-hydrogen) atoms. The number of hydrogen-bond donors (Lipinski definition) is 2. The second-order valence-electron chi connectivity index (χ2n) is 8.81. The van der Waals surface area contributed by atoms with E-state index in [0.717, 1.165) is 63.5 Å². The van der Waals surface area contributed by atoms with Gasteiger partial charge in [0.15, 0.2) is 0 Å². The molecule has 0 aromatic heterocycles. The lowest BCUT2D eigenvalue weighted by atomic mass is 9.52. The van der Waals surface area contributed by atoms with E-state index in [1.807, 2.05) is 0 Å². The van der Waals surface area contributed by atoms with Crippen LogP contribution in [0.15, 0.2) is 12.1 Å².